The molecule has 1 aliphatic heterocycles. The van der Waals surface area contributed by atoms with Gasteiger partial charge in [-0.05, 0) is 37.2 Å². The number of nitrogens with one attached hydrogen (secondary N) is 1. The highest BCUT2D eigenvalue weighted by Gasteiger charge is 2.23. The van der Waals surface area contributed by atoms with Crippen LogP contribution < -0.4 is 5.32 Å². The first-order valence-corrected chi connectivity index (χ1v) is 8.35. The van der Waals surface area contributed by atoms with E-state index in [9.17, 15) is 9.59 Å². The molecule has 5 nitrogen and oxygen atoms in total. The van der Waals surface area contributed by atoms with Crippen LogP contribution in [0.5, 0.6) is 0 Å². The number of carbonyl (C=O) groups is 2. The number of urea groups is 1. The first-order chi connectivity index (χ1) is 11.2. The van der Waals surface area contributed by atoms with Crippen LogP contribution in [0.15, 0.2) is 30.3 Å². The van der Waals surface area contributed by atoms with Crippen molar-refractivity contribution in [3.63, 3.8) is 0 Å². The topological polar surface area (TPSA) is 58.6 Å². The molecule has 2 rings (SSSR count). The maximum atomic E-state index is 12.1. The van der Waals surface area contributed by atoms with Crippen LogP contribution in [-0.2, 0) is 9.53 Å². The normalized spacial score (nSPS) is 15.3. The third kappa shape index (κ3) is 5.58. The fraction of sp³-hybridized carbons (Fsp3) is 0.556. The molecule has 2 amide bonds. The van der Waals surface area contributed by atoms with Gasteiger partial charge in [0.1, 0.15) is 0 Å². The highest BCUT2D eigenvalue weighted by atomic mass is 16.5. The number of nitrogens with zero attached hydrogens (tertiary/aromatic N) is 1. The maximum Gasteiger partial charge on any atom is 0.317 e. The predicted molar refractivity (Wildman–Crippen MR) is 89.3 cm³/mol. The first-order valence-electron chi connectivity index (χ1n) is 8.35. The van der Waals surface area contributed by atoms with Crippen LogP contribution in [0.2, 0.25) is 0 Å². The van der Waals surface area contributed by atoms with E-state index in [0.29, 0.717) is 18.9 Å². The van der Waals surface area contributed by atoms with Crippen molar-refractivity contribution in [3.8, 4) is 0 Å². The molecule has 0 unspecified atom stereocenters. The number of carbonyl (C=O) groups excluding carboxylic acids is 2. The van der Waals surface area contributed by atoms with Crippen LogP contribution in [0.3, 0.4) is 0 Å². The number of piperidine rings is 1. The lowest BCUT2D eigenvalue weighted by atomic mass is 9.90. The zero-order chi connectivity index (χ0) is 16.5. The molecule has 1 heterocycles. The van der Waals surface area contributed by atoms with E-state index in [1.165, 1.54) is 12.7 Å². The van der Waals surface area contributed by atoms with Gasteiger partial charge in [0.05, 0.1) is 7.11 Å². The summed E-state index contributed by atoms with van der Waals surface area (Å²) in [6, 6.07) is 10.5. The van der Waals surface area contributed by atoms with E-state index in [0.717, 1.165) is 38.8 Å². The molecule has 0 atom stereocenters. The molecule has 23 heavy (non-hydrogen) atoms. The van der Waals surface area contributed by atoms with E-state index in [2.05, 4.69) is 34.3 Å². The summed E-state index contributed by atoms with van der Waals surface area (Å²) in [7, 11) is 1.39. The average molecular weight is 318 g/mol. The minimum absolute atomic E-state index is 0.00887. The lowest BCUT2D eigenvalue weighted by molar-refractivity contribution is -0.140. The largest absolute Gasteiger partial charge is 0.469 e. The van der Waals surface area contributed by atoms with Crippen LogP contribution in [-0.4, -0.2) is 43.6 Å². The molecule has 5 heteroatoms. The van der Waals surface area contributed by atoms with Gasteiger partial charge in [-0.25, -0.2) is 4.79 Å². The summed E-state index contributed by atoms with van der Waals surface area (Å²) in [5, 5.41) is 2.93. The van der Waals surface area contributed by atoms with Gasteiger partial charge >= 0.3 is 12.0 Å². The van der Waals surface area contributed by atoms with Crippen molar-refractivity contribution in [3.05, 3.63) is 35.9 Å². The molecular weight excluding hydrogens is 292 g/mol. The maximum absolute atomic E-state index is 12.1. The van der Waals surface area contributed by atoms with E-state index >= 15 is 0 Å². The Balaban J connectivity index is 1.63. The molecule has 1 aromatic carbocycles. The van der Waals surface area contributed by atoms with Crippen LogP contribution in [0.25, 0.3) is 0 Å². The summed E-state index contributed by atoms with van der Waals surface area (Å²) in [6.45, 7) is 2.20. The number of ether oxygens (including phenoxy) is 1. The SMILES string of the molecule is COC(=O)CCCCNC(=O)N1CCC(c2ccccc2)CC1. The van der Waals surface area contributed by atoms with Crippen molar-refractivity contribution in [1.82, 2.24) is 10.2 Å². The fourth-order valence-electron chi connectivity index (χ4n) is 2.94. The summed E-state index contributed by atoms with van der Waals surface area (Å²) >= 11 is 0. The number of rotatable bonds is 6. The number of methoxy groups -OCH3 is 1. The van der Waals surface area contributed by atoms with E-state index in [1.54, 1.807) is 0 Å². The van der Waals surface area contributed by atoms with Gasteiger partial charge in [-0.1, -0.05) is 30.3 Å². The summed E-state index contributed by atoms with van der Waals surface area (Å²) in [4.78, 5) is 25.0. The highest BCUT2D eigenvalue weighted by Crippen LogP contribution is 2.27. The Morgan fingerprint density at radius 2 is 1.87 bits per heavy atom. The molecule has 0 bridgehead atoms. The molecule has 1 aliphatic rings. The Hall–Kier alpha value is -2.04. The highest BCUT2D eigenvalue weighted by molar-refractivity contribution is 5.74. The third-order valence-corrected chi connectivity index (χ3v) is 4.36. The second kappa shape index (κ2) is 9.18. The molecule has 1 saturated heterocycles. The lowest BCUT2D eigenvalue weighted by Gasteiger charge is -2.32. The number of esters is 1. The van der Waals surface area contributed by atoms with Crippen molar-refractivity contribution in [1.29, 1.82) is 0 Å². The Morgan fingerprint density at radius 1 is 1.17 bits per heavy atom. The number of unbranched alkanes of at least 4 members (excludes halogenated alkanes) is 1. The zero-order valence-corrected chi connectivity index (χ0v) is 13.8. The predicted octanol–water partition coefficient (Wildman–Crippen LogP) is 2.92. The van der Waals surface area contributed by atoms with Gasteiger partial charge in [-0.3, -0.25) is 4.79 Å². The summed E-state index contributed by atoms with van der Waals surface area (Å²) < 4.78 is 4.59. The Kier molecular flexibility index (Phi) is 6.91. The molecule has 0 aliphatic carbocycles. The molecule has 1 fully saturated rings. The molecule has 1 aromatic rings. The van der Waals surface area contributed by atoms with Gasteiger partial charge in [0.25, 0.3) is 0 Å². The van der Waals surface area contributed by atoms with E-state index in [4.69, 9.17) is 0 Å². The lowest BCUT2D eigenvalue weighted by Crippen LogP contribution is -2.44. The van der Waals surface area contributed by atoms with Crippen LogP contribution in [0.1, 0.15) is 43.6 Å². The summed E-state index contributed by atoms with van der Waals surface area (Å²) in [6.07, 6.45) is 3.97. The Labute approximate surface area is 138 Å². The van der Waals surface area contributed by atoms with Gasteiger partial charge < -0.3 is 15.0 Å². The van der Waals surface area contributed by atoms with Gasteiger partial charge in [0.15, 0.2) is 0 Å². The van der Waals surface area contributed by atoms with Gasteiger partial charge in [-0.15, -0.1) is 0 Å². The molecule has 0 radical (unpaired) electrons. The minimum atomic E-state index is -0.195. The smallest absolute Gasteiger partial charge is 0.317 e. The second-order valence-electron chi connectivity index (χ2n) is 5.94. The van der Waals surface area contributed by atoms with Gasteiger partial charge in [-0.2, -0.15) is 0 Å². The fourth-order valence-corrected chi connectivity index (χ4v) is 2.94. The van der Waals surface area contributed by atoms with Crippen molar-refractivity contribution in [2.45, 2.75) is 38.0 Å². The number of likely N-dealkylation sites (tertiary alicyclic amines) is 1. The number of hydrogen-bond donors (Lipinski definition) is 1. The average Bonchev–Trinajstić information content (AvgIpc) is 2.62. The molecule has 0 aromatic heterocycles. The standard InChI is InChI=1S/C18H26N2O3/c1-23-17(21)9-5-6-12-19-18(22)20-13-10-16(11-14-20)15-7-3-2-4-8-15/h2-4,7-8,16H,5-6,9-14H2,1H3,(H,19,22). The van der Waals surface area contributed by atoms with Crippen molar-refractivity contribution >= 4 is 12.0 Å². The summed E-state index contributed by atoms with van der Waals surface area (Å²) in [5.74, 6) is 0.361. The first kappa shape index (κ1) is 17.3. The zero-order valence-electron chi connectivity index (χ0n) is 13.8. The monoisotopic (exact) mass is 318 g/mol. The van der Waals surface area contributed by atoms with Crippen molar-refractivity contribution < 1.29 is 14.3 Å². The summed E-state index contributed by atoms with van der Waals surface area (Å²) in [5.41, 5.74) is 1.37. The van der Waals surface area contributed by atoms with Crippen molar-refractivity contribution in [2.75, 3.05) is 26.7 Å². The Bertz CT molecular complexity index is 496. The Morgan fingerprint density at radius 3 is 2.52 bits per heavy atom. The van der Waals surface area contributed by atoms with Gasteiger partial charge in [0, 0.05) is 26.1 Å². The number of hydrogen-bond acceptors (Lipinski definition) is 3. The van der Waals surface area contributed by atoms with E-state index in [-0.39, 0.29) is 12.0 Å². The van der Waals surface area contributed by atoms with E-state index < -0.39 is 0 Å². The molecule has 0 spiro atoms. The van der Waals surface area contributed by atoms with Crippen molar-refractivity contribution in [2.24, 2.45) is 0 Å². The molecule has 126 valence electrons. The number of benzene rings is 1. The van der Waals surface area contributed by atoms with Gasteiger partial charge in [0.2, 0.25) is 0 Å². The quantitative estimate of drug-likeness (QED) is 0.648. The minimum Gasteiger partial charge on any atom is -0.469 e. The molecule has 0 saturated carbocycles. The van der Waals surface area contributed by atoms with E-state index in [1.807, 2.05) is 11.0 Å². The molecule has 1 N–H and O–H groups in total. The number of amides is 2. The molecular formula is C18H26N2O3. The van der Waals surface area contributed by atoms with Crippen LogP contribution in [0, 0.1) is 0 Å². The van der Waals surface area contributed by atoms with Crippen LogP contribution >= 0.6 is 0 Å². The van der Waals surface area contributed by atoms with Crippen LogP contribution in [0.4, 0.5) is 4.79 Å². The third-order valence-electron chi connectivity index (χ3n) is 4.36. The second-order valence-corrected chi connectivity index (χ2v) is 5.94.